The van der Waals surface area contributed by atoms with Crippen LogP contribution in [-0.4, -0.2) is 69.3 Å². The van der Waals surface area contributed by atoms with Crippen LogP contribution in [0.1, 0.15) is 18.4 Å². The Labute approximate surface area is 195 Å². The lowest BCUT2D eigenvalue weighted by atomic mass is 10.1. The molecule has 0 radical (unpaired) electrons. The highest BCUT2D eigenvalue weighted by Crippen LogP contribution is 2.25. The van der Waals surface area contributed by atoms with E-state index in [4.69, 9.17) is 11.6 Å². The van der Waals surface area contributed by atoms with Crippen molar-refractivity contribution < 1.29 is 13.2 Å². The van der Waals surface area contributed by atoms with E-state index in [-0.39, 0.29) is 17.3 Å². The van der Waals surface area contributed by atoms with Crippen LogP contribution in [-0.2, 0) is 14.8 Å². The zero-order valence-electron chi connectivity index (χ0n) is 18.3. The number of nitrogens with zero attached hydrogens (tertiary/aromatic N) is 3. The maximum Gasteiger partial charge on any atom is 0.243 e. The van der Waals surface area contributed by atoms with Crippen LogP contribution in [0.15, 0.2) is 47.4 Å². The summed E-state index contributed by atoms with van der Waals surface area (Å²) in [5.74, 6) is -0.0870. The Kier molecular flexibility index (Phi) is 7.05. The smallest absolute Gasteiger partial charge is 0.243 e. The van der Waals surface area contributed by atoms with Gasteiger partial charge in [-0.3, -0.25) is 9.69 Å². The van der Waals surface area contributed by atoms with Gasteiger partial charge in [0.2, 0.25) is 15.9 Å². The summed E-state index contributed by atoms with van der Waals surface area (Å²) in [6.07, 6.45) is 2.46. The molecule has 2 aromatic rings. The summed E-state index contributed by atoms with van der Waals surface area (Å²) >= 11 is 5.87. The lowest BCUT2D eigenvalue weighted by molar-refractivity contribution is -0.117. The van der Waals surface area contributed by atoms with Gasteiger partial charge in [0, 0.05) is 55.7 Å². The number of aryl methyl sites for hydroxylation is 1. The molecule has 0 aliphatic carbocycles. The van der Waals surface area contributed by atoms with Crippen molar-refractivity contribution in [2.45, 2.75) is 24.7 Å². The topological polar surface area (TPSA) is 73.0 Å². The van der Waals surface area contributed by atoms with Crippen molar-refractivity contribution in [3.05, 3.63) is 53.1 Å². The Balaban J connectivity index is 1.29. The minimum Gasteiger partial charge on any atom is -0.372 e. The maximum atomic E-state index is 12.8. The third-order valence-electron chi connectivity index (χ3n) is 6.11. The van der Waals surface area contributed by atoms with Crippen LogP contribution < -0.4 is 10.2 Å². The van der Waals surface area contributed by atoms with E-state index < -0.39 is 10.0 Å². The SMILES string of the molecule is Cc1cc(N2CCCC2)ccc1NC(=O)CN1CCN(S(=O)(=O)c2ccc(Cl)cc2)CC1. The van der Waals surface area contributed by atoms with E-state index in [0.717, 1.165) is 24.3 Å². The Hall–Kier alpha value is -2.13. The summed E-state index contributed by atoms with van der Waals surface area (Å²) in [6.45, 7) is 6.14. The number of hydrogen-bond donors (Lipinski definition) is 1. The maximum absolute atomic E-state index is 12.8. The zero-order chi connectivity index (χ0) is 22.7. The van der Waals surface area contributed by atoms with E-state index in [9.17, 15) is 13.2 Å². The molecular formula is C23H29ClN4O3S. The van der Waals surface area contributed by atoms with Crippen molar-refractivity contribution in [3.8, 4) is 0 Å². The Bertz CT molecular complexity index is 1060. The first-order valence-corrected chi connectivity index (χ1v) is 12.8. The molecule has 0 atom stereocenters. The quantitative estimate of drug-likeness (QED) is 0.693. The second-order valence-corrected chi connectivity index (χ2v) is 10.8. The molecule has 2 aromatic carbocycles. The highest BCUT2D eigenvalue weighted by molar-refractivity contribution is 7.89. The fraction of sp³-hybridized carbons (Fsp3) is 0.435. The van der Waals surface area contributed by atoms with E-state index in [1.807, 2.05) is 17.9 Å². The number of rotatable bonds is 6. The van der Waals surface area contributed by atoms with Crippen molar-refractivity contribution >= 4 is 38.9 Å². The average Bonchev–Trinajstić information content (AvgIpc) is 3.31. The molecule has 4 rings (SSSR count). The first-order valence-electron chi connectivity index (χ1n) is 11.0. The highest BCUT2D eigenvalue weighted by Gasteiger charge is 2.29. The summed E-state index contributed by atoms with van der Waals surface area (Å²) in [6, 6.07) is 12.4. The lowest BCUT2D eigenvalue weighted by Gasteiger charge is -2.33. The van der Waals surface area contributed by atoms with Gasteiger partial charge in [-0.15, -0.1) is 0 Å². The zero-order valence-corrected chi connectivity index (χ0v) is 19.8. The van der Waals surface area contributed by atoms with Crippen molar-refractivity contribution in [3.63, 3.8) is 0 Å². The molecule has 172 valence electrons. The molecule has 0 unspecified atom stereocenters. The predicted octanol–water partition coefficient (Wildman–Crippen LogP) is 3.19. The Morgan fingerprint density at radius 3 is 2.25 bits per heavy atom. The first-order chi connectivity index (χ1) is 15.3. The standard InChI is InChI=1S/C23H29ClN4O3S/c1-18-16-20(27-10-2-3-11-27)6-9-22(18)25-23(29)17-26-12-14-28(15-13-26)32(30,31)21-7-4-19(24)5-8-21/h4-9,16H,2-3,10-15,17H2,1H3,(H,25,29). The van der Waals surface area contributed by atoms with Crippen molar-refractivity contribution in [2.75, 3.05) is 56.0 Å². The fourth-order valence-electron chi connectivity index (χ4n) is 4.24. The number of nitrogens with one attached hydrogen (secondary N) is 1. The highest BCUT2D eigenvalue weighted by atomic mass is 35.5. The van der Waals surface area contributed by atoms with Gasteiger partial charge in [-0.1, -0.05) is 11.6 Å². The molecule has 1 N–H and O–H groups in total. The largest absolute Gasteiger partial charge is 0.372 e. The summed E-state index contributed by atoms with van der Waals surface area (Å²) in [5.41, 5.74) is 3.07. The number of hydrogen-bond acceptors (Lipinski definition) is 5. The van der Waals surface area contributed by atoms with Gasteiger partial charge in [-0.05, 0) is 67.8 Å². The minimum atomic E-state index is -3.55. The number of benzene rings is 2. The van der Waals surface area contributed by atoms with Crippen LogP contribution in [0.5, 0.6) is 0 Å². The number of carbonyl (C=O) groups excluding carboxylic acids is 1. The minimum absolute atomic E-state index is 0.0870. The fourth-order valence-corrected chi connectivity index (χ4v) is 5.78. The van der Waals surface area contributed by atoms with Gasteiger partial charge in [0.05, 0.1) is 11.4 Å². The Morgan fingerprint density at radius 2 is 1.62 bits per heavy atom. The van der Waals surface area contributed by atoms with Gasteiger partial charge in [0.25, 0.3) is 0 Å². The normalized spacial score (nSPS) is 18.1. The molecular weight excluding hydrogens is 448 g/mol. The van der Waals surface area contributed by atoms with Gasteiger partial charge < -0.3 is 10.2 Å². The number of piperazine rings is 1. The van der Waals surface area contributed by atoms with Crippen LogP contribution in [0.25, 0.3) is 0 Å². The monoisotopic (exact) mass is 476 g/mol. The van der Waals surface area contributed by atoms with E-state index >= 15 is 0 Å². The van der Waals surface area contributed by atoms with Crippen LogP contribution >= 0.6 is 11.6 Å². The molecule has 2 heterocycles. The molecule has 0 bridgehead atoms. The summed E-state index contributed by atoms with van der Waals surface area (Å²) in [4.78, 5) is 17.2. The predicted molar refractivity (Wildman–Crippen MR) is 128 cm³/mol. The van der Waals surface area contributed by atoms with Crippen molar-refractivity contribution in [2.24, 2.45) is 0 Å². The Morgan fingerprint density at radius 1 is 0.969 bits per heavy atom. The van der Waals surface area contributed by atoms with Crippen LogP contribution in [0.3, 0.4) is 0 Å². The van der Waals surface area contributed by atoms with E-state index in [1.165, 1.54) is 35.0 Å². The third-order valence-corrected chi connectivity index (χ3v) is 8.27. The number of carbonyl (C=O) groups is 1. The lowest BCUT2D eigenvalue weighted by Crippen LogP contribution is -2.50. The summed E-state index contributed by atoms with van der Waals surface area (Å²) in [5, 5.41) is 3.51. The van der Waals surface area contributed by atoms with E-state index in [0.29, 0.717) is 31.2 Å². The summed E-state index contributed by atoms with van der Waals surface area (Å²) < 4.78 is 27.1. The molecule has 2 fully saturated rings. The van der Waals surface area contributed by atoms with Gasteiger partial charge >= 0.3 is 0 Å². The number of sulfonamides is 1. The van der Waals surface area contributed by atoms with Gasteiger partial charge in [-0.2, -0.15) is 4.31 Å². The van der Waals surface area contributed by atoms with Crippen molar-refractivity contribution in [1.82, 2.24) is 9.21 Å². The van der Waals surface area contributed by atoms with E-state index in [2.05, 4.69) is 22.3 Å². The number of amides is 1. The molecule has 1 amide bonds. The number of halogens is 1. The molecule has 2 aliphatic heterocycles. The third kappa shape index (κ3) is 5.26. The van der Waals surface area contributed by atoms with Crippen LogP contribution in [0, 0.1) is 6.92 Å². The van der Waals surface area contributed by atoms with E-state index in [1.54, 1.807) is 12.1 Å². The molecule has 9 heteroatoms. The second-order valence-electron chi connectivity index (χ2n) is 8.38. The van der Waals surface area contributed by atoms with Crippen LogP contribution in [0.4, 0.5) is 11.4 Å². The molecule has 0 spiro atoms. The molecule has 0 aromatic heterocycles. The molecule has 0 saturated carbocycles. The average molecular weight is 477 g/mol. The van der Waals surface area contributed by atoms with Gasteiger partial charge in [0.15, 0.2) is 0 Å². The number of anilines is 2. The molecule has 2 saturated heterocycles. The molecule has 2 aliphatic rings. The second kappa shape index (κ2) is 9.79. The van der Waals surface area contributed by atoms with Crippen LogP contribution in [0.2, 0.25) is 5.02 Å². The summed E-state index contributed by atoms with van der Waals surface area (Å²) in [7, 11) is -3.55. The molecule has 32 heavy (non-hydrogen) atoms. The van der Waals surface area contributed by atoms with Gasteiger partial charge in [0.1, 0.15) is 0 Å². The van der Waals surface area contributed by atoms with Gasteiger partial charge in [-0.25, -0.2) is 8.42 Å². The van der Waals surface area contributed by atoms with Crippen molar-refractivity contribution in [1.29, 1.82) is 0 Å². The first kappa shape index (κ1) is 23.0. The molecule has 7 nitrogen and oxygen atoms in total.